The number of nitrogens with one attached hydrogen (secondary N) is 2. The van der Waals surface area contributed by atoms with Crippen molar-refractivity contribution in [3.05, 3.63) is 24.0 Å². The molecule has 3 heterocycles. The van der Waals surface area contributed by atoms with E-state index in [1.165, 1.54) is 18.4 Å². The van der Waals surface area contributed by atoms with E-state index in [2.05, 4.69) is 35.3 Å². The van der Waals surface area contributed by atoms with Crippen molar-refractivity contribution in [2.75, 3.05) is 13.2 Å². The quantitative estimate of drug-likeness (QED) is 0.634. The predicted molar refractivity (Wildman–Crippen MR) is 119 cm³/mol. The van der Waals surface area contributed by atoms with Crippen molar-refractivity contribution in [2.45, 2.75) is 51.6 Å². The molecule has 30 heavy (non-hydrogen) atoms. The molecule has 2 aromatic heterocycles. The van der Waals surface area contributed by atoms with Gasteiger partial charge in [-0.25, -0.2) is 4.98 Å². The second kappa shape index (κ2) is 6.57. The minimum absolute atomic E-state index is 0.0109. The summed E-state index contributed by atoms with van der Waals surface area (Å²) >= 11 is 0. The summed E-state index contributed by atoms with van der Waals surface area (Å²) in [4.78, 5) is 7.92. The zero-order chi connectivity index (χ0) is 20.5. The number of fused-ring (bicyclic) bond motifs is 3. The van der Waals surface area contributed by atoms with Crippen LogP contribution in [0.25, 0.3) is 11.0 Å². The number of hydrogen-bond acceptors (Lipinski definition) is 5. The van der Waals surface area contributed by atoms with Crippen LogP contribution in [-0.2, 0) is 4.65 Å². The van der Waals surface area contributed by atoms with Crippen LogP contribution in [0.3, 0.4) is 0 Å². The molecule has 6 nitrogen and oxygen atoms in total. The lowest BCUT2D eigenvalue weighted by atomic mass is 9.49. The number of hydrogen-bond donors (Lipinski definition) is 3. The van der Waals surface area contributed by atoms with Crippen LogP contribution in [0.2, 0.25) is 0 Å². The molecule has 158 valence electrons. The molecule has 2 atom stereocenters. The van der Waals surface area contributed by atoms with E-state index in [4.69, 9.17) is 9.76 Å². The van der Waals surface area contributed by atoms with Gasteiger partial charge in [0.25, 0.3) is 0 Å². The molecule has 3 N–H and O–H groups in total. The monoisotopic (exact) mass is 406 g/mol. The van der Waals surface area contributed by atoms with Crippen LogP contribution in [0.5, 0.6) is 0 Å². The fraction of sp³-hybridized carbons (Fsp3) is 0.652. The molecular weight excluding hydrogens is 375 g/mol. The van der Waals surface area contributed by atoms with Gasteiger partial charge < -0.3 is 20.2 Å². The highest BCUT2D eigenvalue weighted by Gasteiger charge is 2.56. The molecule has 2 aromatic rings. The molecule has 7 heteroatoms. The third-order valence-corrected chi connectivity index (χ3v) is 7.99. The number of aliphatic hydroxyl groups is 1. The summed E-state index contributed by atoms with van der Waals surface area (Å²) in [7, 11) is 0.556. The summed E-state index contributed by atoms with van der Waals surface area (Å²) in [5.41, 5.74) is 7.38. The summed E-state index contributed by atoms with van der Waals surface area (Å²) in [6.07, 6.45) is 9.21. The summed E-state index contributed by atoms with van der Waals surface area (Å²) in [6.45, 7) is 5.88. The Balaban J connectivity index is 1.49. The van der Waals surface area contributed by atoms with Crippen LogP contribution < -0.4 is 10.9 Å². The normalized spacial score (nSPS) is 39.0. The number of pyridine rings is 1. The van der Waals surface area contributed by atoms with Gasteiger partial charge in [-0.3, -0.25) is 0 Å². The van der Waals surface area contributed by atoms with Crippen molar-refractivity contribution in [2.24, 2.45) is 34.2 Å². The van der Waals surface area contributed by atoms with Gasteiger partial charge in [-0.15, -0.1) is 0 Å². The first kappa shape index (κ1) is 18.9. The highest BCUT2D eigenvalue weighted by Crippen LogP contribution is 2.59. The zero-order valence-corrected chi connectivity index (χ0v) is 17.9. The average Bonchev–Trinajstić information content (AvgIpc) is 3.13. The van der Waals surface area contributed by atoms with E-state index < -0.39 is 5.60 Å². The lowest BCUT2D eigenvalue weighted by Gasteiger charge is -2.58. The van der Waals surface area contributed by atoms with Gasteiger partial charge in [0.1, 0.15) is 5.65 Å². The Morgan fingerprint density at radius 1 is 1.20 bits per heavy atom. The van der Waals surface area contributed by atoms with Crippen LogP contribution in [0, 0.1) is 29.1 Å². The maximum atomic E-state index is 11.1. The Morgan fingerprint density at radius 2 is 2.00 bits per heavy atom. The number of aromatic amines is 1. The number of nitrogens with zero attached hydrogens (tertiary/aromatic N) is 2. The smallest absolute Gasteiger partial charge is 0.310 e. The van der Waals surface area contributed by atoms with E-state index in [9.17, 15) is 5.11 Å². The lowest BCUT2D eigenvalue weighted by Crippen LogP contribution is -2.57. The Morgan fingerprint density at radius 3 is 2.77 bits per heavy atom. The number of hydrazone groups is 1. The Hall–Kier alpha value is -1.86. The number of aromatic nitrogens is 2. The SMILES string of the molecule is CC1(C)CN/N=C(/C2C3CC4CC2CC(O)(C4)C3)c2c(cnc3[nH]ccc23)BOC1. The number of H-pyrrole nitrogens is 1. The molecule has 4 fully saturated rings. The molecule has 2 unspecified atom stereocenters. The van der Waals surface area contributed by atoms with Gasteiger partial charge in [-0.1, -0.05) is 13.8 Å². The second-order valence-electron chi connectivity index (χ2n) is 11.1. The maximum Gasteiger partial charge on any atom is 0.310 e. The maximum absolute atomic E-state index is 11.1. The fourth-order valence-electron chi connectivity index (χ4n) is 7.01. The molecule has 0 saturated heterocycles. The molecule has 5 aliphatic rings. The molecule has 1 aliphatic heterocycles. The zero-order valence-electron chi connectivity index (χ0n) is 17.9. The standard InChI is InChI=1S/C23H31BN4O2/c1-22(2)11-27-28-20(18-14-5-13-6-15(18)9-23(29,7-13)8-14)19-16-3-4-25-21(16)26-10-17(19)24-30-12-22/h3-4,10,13-15,18,24,27,29H,5-9,11-12H2,1-2H3,(H,25,26)/b28-20-. The third-order valence-electron chi connectivity index (χ3n) is 7.99. The molecule has 4 bridgehead atoms. The molecule has 4 aliphatic carbocycles. The van der Waals surface area contributed by atoms with Crippen LogP contribution in [0.15, 0.2) is 23.6 Å². The second-order valence-corrected chi connectivity index (χ2v) is 11.1. The predicted octanol–water partition coefficient (Wildman–Crippen LogP) is 2.08. The summed E-state index contributed by atoms with van der Waals surface area (Å²) in [6, 6.07) is 2.12. The van der Waals surface area contributed by atoms with E-state index in [0.29, 0.717) is 37.8 Å². The van der Waals surface area contributed by atoms with Gasteiger partial charge in [0.2, 0.25) is 0 Å². The first-order valence-corrected chi connectivity index (χ1v) is 11.5. The highest BCUT2D eigenvalue weighted by molar-refractivity contribution is 6.50. The molecule has 0 radical (unpaired) electrons. The topological polar surface area (TPSA) is 82.5 Å². The van der Waals surface area contributed by atoms with Gasteiger partial charge in [-0.2, -0.15) is 5.10 Å². The summed E-state index contributed by atoms with van der Waals surface area (Å²) in [5, 5.41) is 17.4. The minimum Gasteiger partial charge on any atom is -0.434 e. The largest absolute Gasteiger partial charge is 0.434 e. The first-order valence-electron chi connectivity index (χ1n) is 11.5. The van der Waals surface area contributed by atoms with Crippen LogP contribution in [0.1, 0.15) is 51.5 Å². The summed E-state index contributed by atoms with van der Waals surface area (Å²) < 4.78 is 6.16. The third kappa shape index (κ3) is 3.01. The summed E-state index contributed by atoms with van der Waals surface area (Å²) in [5.74, 6) is 2.08. The van der Waals surface area contributed by atoms with Crippen molar-refractivity contribution in [3.63, 3.8) is 0 Å². The molecular formula is C23H31BN4O2. The average molecular weight is 406 g/mol. The lowest BCUT2D eigenvalue weighted by molar-refractivity contribution is -0.137. The van der Waals surface area contributed by atoms with E-state index in [1.807, 2.05) is 12.4 Å². The molecule has 0 spiro atoms. The minimum atomic E-state index is -0.438. The highest BCUT2D eigenvalue weighted by atomic mass is 16.4. The first-order chi connectivity index (χ1) is 14.4. The van der Waals surface area contributed by atoms with Gasteiger partial charge in [0.15, 0.2) is 0 Å². The van der Waals surface area contributed by atoms with Gasteiger partial charge in [0, 0.05) is 47.8 Å². The van der Waals surface area contributed by atoms with Crippen LogP contribution >= 0.6 is 0 Å². The van der Waals surface area contributed by atoms with Gasteiger partial charge in [-0.05, 0) is 61.4 Å². The molecule has 7 rings (SSSR count). The Bertz CT molecular complexity index is 1000. The van der Waals surface area contributed by atoms with Crippen molar-refractivity contribution in [1.82, 2.24) is 15.4 Å². The van der Waals surface area contributed by atoms with Crippen molar-refractivity contribution in [1.29, 1.82) is 0 Å². The van der Waals surface area contributed by atoms with E-state index in [-0.39, 0.29) is 5.41 Å². The van der Waals surface area contributed by atoms with E-state index >= 15 is 0 Å². The van der Waals surface area contributed by atoms with Crippen molar-refractivity contribution < 1.29 is 9.76 Å². The van der Waals surface area contributed by atoms with Gasteiger partial charge in [0.05, 0.1) is 11.3 Å². The molecule has 0 aromatic carbocycles. The van der Waals surface area contributed by atoms with Crippen molar-refractivity contribution >= 4 is 29.7 Å². The van der Waals surface area contributed by atoms with E-state index in [1.54, 1.807) is 0 Å². The fourth-order valence-corrected chi connectivity index (χ4v) is 7.01. The van der Waals surface area contributed by atoms with Crippen molar-refractivity contribution in [3.8, 4) is 0 Å². The van der Waals surface area contributed by atoms with Gasteiger partial charge >= 0.3 is 7.48 Å². The van der Waals surface area contributed by atoms with Crippen LogP contribution in [0.4, 0.5) is 0 Å². The molecule has 0 amide bonds. The Labute approximate surface area is 178 Å². The Kier molecular flexibility index (Phi) is 4.13. The van der Waals surface area contributed by atoms with E-state index in [0.717, 1.165) is 48.0 Å². The van der Waals surface area contributed by atoms with Crippen LogP contribution in [-0.4, -0.2) is 47.0 Å². The molecule has 4 saturated carbocycles. The number of rotatable bonds is 1.